The fraction of sp³-hybridized carbons (Fsp3) is 0.300. The third-order valence-corrected chi connectivity index (χ3v) is 2.80. The molecule has 0 spiro atoms. The summed E-state index contributed by atoms with van der Waals surface area (Å²) in [5.41, 5.74) is 1.48. The van der Waals surface area contributed by atoms with Crippen LogP contribution in [0.2, 0.25) is 0 Å². The van der Waals surface area contributed by atoms with Gasteiger partial charge in [0.25, 0.3) is 0 Å². The van der Waals surface area contributed by atoms with Crippen LogP contribution >= 0.6 is 11.5 Å². The van der Waals surface area contributed by atoms with Gasteiger partial charge in [0.1, 0.15) is 5.52 Å². The Kier molecular flexibility index (Phi) is 3.84. The lowest BCUT2D eigenvalue weighted by Gasteiger charge is -2.06. The molecule has 1 heterocycles. The van der Waals surface area contributed by atoms with Crippen molar-refractivity contribution in [2.45, 2.75) is 0 Å². The van der Waals surface area contributed by atoms with E-state index in [0.717, 1.165) is 10.2 Å². The Hall–Kier alpha value is -1.73. The van der Waals surface area contributed by atoms with E-state index in [2.05, 4.69) is 20.2 Å². The van der Waals surface area contributed by atoms with E-state index in [1.165, 1.54) is 11.5 Å². The molecule has 2 rings (SSSR count). The largest absolute Gasteiger partial charge is 0.383 e. The van der Waals surface area contributed by atoms with Crippen LogP contribution in [0.3, 0.4) is 0 Å². The van der Waals surface area contributed by atoms with E-state index in [4.69, 9.17) is 4.74 Å². The first kappa shape index (κ1) is 11.7. The molecule has 0 aliphatic heterocycles. The summed E-state index contributed by atoms with van der Waals surface area (Å²) < 4.78 is 9.66. The van der Waals surface area contributed by atoms with Gasteiger partial charge in [-0.25, -0.2) is 4.79 Å². The zero-order valence-electron chi connectivity index (χ0n) is 9.27. The van der Waals surface area contributed by atoms with Crippen molar-refractivity contribution in [2.24, 2.45) is 0 Å². The summed E-state index contributed by atoms with van der Waals surface area (Å²) in [4.78, 5) is 11.5. The zero-order chi connectivity index (χ0) is 12.1. The highest BCUT2D eigenvalue weighted by atomic mass is 32.1. The molecule has 0 radical (unpaired) electrons. The van der Waals surface area contributed by atoms with E-state index in [0.29, 0.717) is 18.8 Å². The van der Waals surface area contributed by atoms with Crippen LogP contribution in [-0.2, 0) is 4.74 Å². The lowest BCUT2D eigenvalue weighted by molar-refractivity contribution is 0.198. The SMILES string of the molecule is COCCNC(=O)Nc1ccc2snnc2c1. The highest BCUT2D eigenvalue weighted by Crippen LogP contribution is 2.19. The Morgan fingerprint density at radius 2 is 2.41 bits per heavy atom. The standard InChI is InChI=1S/C10H12N4O2S/c1-16-5-4-11-10(15)12-7-2-3-9-8(6-7)13-14-17-9/h2-3,6H,4-5H2,1H3,(H2,11,12,15). The van der Waals surface area contributed by atoms with Gasteiger partial charge in [-0.15, -0.1) is 5.10 Å². The number of anilines is 1. The Morgan fingerprint density at radius 3 is 3.24 bits per heavy atom. The maximum atomic E-state index is 11.5. The Balaban J connectivity index is 1.95. The monoisotopic (exact) mass is 252 g/mol. The van der Waals surface area contributed by atoms with Crippen molar-refractivity contribution >= 4 is 33.5 Å². The zero-order valence-corrected chi connectivity index (χ0v) is 10.1. The van der Waals surface area contributed by atoms with Crippen LogP contribution in [0.25, 0.3) is 10.2 Å². The minimum absolute atomic E-state index is 0.260. The molecule has 7 heteroatoms. The molecule has 90 valence electrons. The van der Waals surface area contributed by atoms with Crippen LogP contribution in [0.4, 0.5) is 10.5 Å². The predicted octanol–water partition coefficient (Wildman–Crippen LogP) is 1.46. The summed E-state index contributed by atoms with van der Waals surface area (Å²) in [7, 11) is 1.59. The molecule has 0 fully saturated rings. The number of hydrogen-bond acceptors (Lipinski definition) is 5. The summed E-state index contributed by atoms with van der Waals surface area (Å²) >= 11 is 1.33. The van der Waals surface area contributed by atoms with Crippen molar-refractivity contribution < 1.29 is 9.53 Å². The van der Waals surface area contributed by atoms with Crippen molar-refractivity contribution in [3.63, 3.8) is 0 Å². The van der Waals surface area contributed by atoms with E-state index in [-0.39, 0.29) is 6.03 Å². The molecular formula is C10H12N4O2S. The molecule has 2 aromatic rings. The van der Waals surface area contributed by atoms with Gasteiger partial charge in [0.15, 0.2) is 0 Å². The van der Waals surface area contributed by atoms with E-state index in [1.54, 1.807) is 13.2 Å². The van der Waals surface area contributed by atoms with Gasteiger partial charge in [-0.05, 0) is 29.7 Å². The van der Waals surface area contributed by atoms with Gasteiger partial charge in [0.05, 0.1) is 11.3 Å². The maximum Gasteiger partial charge on any atom is 0.319 e. The van der Waals surface area contributed by atoms with Crippen LogP contribution in [-0.4, -0.2) is 35.9 Å². The summed E-state index contributed by atoms with van der Waals surface area (Å²) in [6.45, 7) is 0.964. The van der Waals surface area contributed by atoms with Crippen molar-refractivity contribution in [1.29, 1.82) is 0 Å². The molecule has 6 nitrogen and oxygen atoms in total. The summed E-state index contributed by atoms with van der Waals surface area (Å²) in [6.07, 6.45) is 0. The first-order valence-corrected chi connectivity index (χ1v) is 5.83. The number of amides is 2. The van der Waals surface area contributed by atoms with Crippen LogP contribution in [0.1, 0.15) is 0 Å². The lowest BCUT2D eigenvalue weighted by atomic mass is 10.3. The first-order valence-electron chi connectivity index (χ1n) is 5.05. The number of carbonyl (C=O) groups is 1. The number of carbonyl (C=O) groups excluding carboxylic acids is 1. The average molecular weight is 252 g/mol. The number of urea groups is 1. The minimum atomic E-state index is -0.260. The highest BCUT2D eigenvalue weighted by Gasteiger charge is 2.03. The molecule has 0 atom stereocenters. The third-order valence-electron chi connectivity index (χ3n) is 2.10. The number of aromatic nitrogens is 2. The number of nitrogens with one attached hydrogen (secondary N) is 2. The Morgan fingerprint density at radius 1 is 1.53 bits per heavy atom. The van der Waals surface area contributed by atoms with Crippen LogP contribution in [0.15, 0.2) is 18.2 Å². The van der Waals surface area contributed by atoms with Crippen molar-refractivity contribution in [3.8, 4) is 0 Å². The first-order chi connectivity index (χ1) is 8.29. The molecule has 17 heavy (non-hydrogen) atoms. The Bertz CT molecular complexity index is 514. The minimum Gasteiger partial charge on any atom is -0.383 e. The second kappa shape index (κ2) is 5.55. The lowest BCUT2D eigenvalue weighted by Crippen LogP contribution is -2.31. The molecule has 2 amide bonds. The predicted molar refractivity (Wildman–Crippen MR) is 66.3 cm³/mol. The number of hydrogen-bond donors (Lipinski definition) is 2. The molecule has 0 aliphatic carbocycles. The van der Waals surface area contributed by atoms with Gasteiger partial charge >= 0.3 is 6.03 Å². The van der Waals surface area contributed by atoms with Crippen LogP contribution in [0.5, 0.6) is 0 Å². The van der Waals surface area contributed by atoms with E-state index < -0.39 is 0 Å². The average Bonchev–Trinajstić information content (AvgIpc) is 2.76. The normalized spacial score (nSPS) is 10.4. The third kappa shape index (κ3) is 3.11. The van der Waals surface area contributed by atoms with Crippen LogP contribution < -0.4 is 10.6 Å². The van der Waals surface area contributed by atoms with Gasteiger partial charge in [0.2, 0.25) is 0 Å². The fourth-order valence-corrected chi connectivity index (χ4v) is 1.84. The van der Waals surface area contributed by atoms with E-state index >= 15 is 0 Å². The van der Waals surface area contributed by atoms with Crippen molar-refractivity contribution in [1.82, 2.24) is 14.9 Å². The molecule has 0 aliphatic rings. The number of benzene rings is 1. The van der Waals surface area contributed by atoms with Crippen molar-refractivity contribution in [2.75, 3.05) is 25.6 Å². The topological polar surface area (TPSA) is 76.1 Å². The van der Waals surface area contributed by atoms with Gasteiger partial charge in [0, 0.05) is 19.3 Å². The number of rotatable bonds is 4. The van der Waals surface area contributed by atoms with Gasteiger partial charge < -0.3 is 15.4 Å². The number of fused-ring (bicyclic) bond motifs is 1. The highest BCUT2D eigenvalue weighted by molar-refractivity contribution is 7.12. The van der Waals surface area contributed by atoms with E-state index in [1.807, 2.05) is 12.1 Å². The summed E-state index contributed by atoms with van der Waals surface area (Å²) in [5.74, 6) is 0. The van der Waals surface area contributed by atoms with Gasteiger partial charge in [-0.2, -0.15) is 0 Å². The van der Waals surface area contributed by atoms with Crippen molar-refractivity contribution in [3.05, 3.63) is 18.2 Å². The summed E-state index contributed by atoms with van der Waals surface area (Å²) in [6, 6.07) is 5.22. The number of nitrogens with zero attached hydrogens (tertiary/aromatic N) is 2. The molecule has 0 unspecified atom stereocenters. The van der Waals surface area contributed by atoms with Gasteiger partial charge in [-0.3, -0.25) is 0 Å². The number of methoxy groups -OCH3 is 1. The van der Waals surface area contributed by atoms with Crippen LogP contribution in [0, 0.1) is 0 Å². The summed E-state index contributed by atoms with van der Waals surface area (Å²) in [5, 5.41) is 9.32. The fourth-order valence-electron chi connectivity index (χ4n) is 1.30. The maximum absolute atomic E-state index is 11.5. The molecule has 1 aromatic heterocycles. The molecular weight excluding hydrogens is 240 g/mol. The van der Waals surface area contributed by atoms with E-state index in [9.17, 15) is 4.79 Å². The molecule has 0 saturated heterocycles. The molecule has 2 N–H and O–H groups in total. The van der Waals surface area contributed by atoms with Gasteiger partial charge in [-0.1, -0.05) is 4.49 Å². The second-order valence-corrected chi connectivity index (χ2v) is 4.11. The second-order valence-electron chi connectivity index (χ2n) is 3.33. The molecule has 0 saturated carbocycles. The Labute approximate surface area is 102 Å². The smallest absolute Gasteiger partial charge is 0.319 e. The molecule has 0 bridgehead atoms. The molecule has 1 aromatic carbocycles. The number of ether oxygens (including phenoxy) is 1. The quantitative estimate of drug-likeness (QED) is 0.808.